The number of nitrogens with zero attached hydrogens (tertiary/aromatic N) is 2. The molecular formula is C17H15N3S. The highest BCUT2D eigenvalue weighted by molar-refractivity contribution is 7.80. The minimum atomic E-state index is 0.631. The zero-order chi connectivity index (χ0) is 14.7. The summed E-state index contributed by atoms with van der Waals surface area (Å²) in [4.78, 5) is 2.16. The van der Waals surface area contributed by atoms with Gasteiger partial charge in [-0.15, -0.1) is 0 Å². The highest BCUT2D eigenvalue weighted by Gasteiger charge is 2.17. The van der Waals surface area contributed by atoms with Crippen LogP contribution in [0.5, 0.6) is 0 Å². The number of fused-ring (bicyclic) bond motifs is 1. The Morgan fingerprint density at radius 2 is 1.95 bits per heavy atom. The first-order valence-corrected chi connectivity index (χ1v) is 7.30. The fourth-order valence-electron chi connectivity index (χ4n) is 2.54. The Kier molecular flexibility index (Phi) is 3.85. The van der Waals surface area contributed by atoms with E-state index < -0.39 is 0 Å². The van der Waals surface area contributed by atoms with Crippen molar-refractivity contribution in [3.8, 4) is 6.07 Å². The molecule has 4 heteroatoms. The minimum Gasteiger partial charge on any atom is -0.344 e. The maximum absolute atomic E-state index is 8.93. The molecule has 0 saturated heterocycles. The van der Waals surface area contributed by atoms with E-state index in [2.05, 4.69) is 40.6 Å². The molecule has 2 aromatic rings. The van der Waals surface area contributed by atoms with Crippen LogP contribution in [0.2, 0.25) is 0 Å². The van der Waals surface area contributed by atoms with Gasteiger partial charge in [-0.25, -0.2) is 0 Å². The van der Waals surface area contributed by atoms with Crippen LogP contribution >= 0.6 is 12.2 Å². The fraction of sp³-hybridized carbons (Fsp3) is 0.176. The Balaban J connectivity index is 1.71. The molecule has 0 saturated carbocycles. The second-order valence-corrected chi connectivity index (χ2v) is 5.45. The summed E-state index contributed by atoms with van der Waals surface area (Å²) in [7, 11) is 0. The standard InChI is InChI=1S/C17H15N3S/c18-11-13-4-3-7-16(10-13)19-17(21)20-9-8-14-5-1-2-6-15(14)12-20/h1-7,10H,8-9,12H2,(H,19,21). The van der Waals surface area contributed by atoms with E-state index in [1.807, 2.05) is 18.2 Å². The van der Waals surface area contributed by atoms with Crippen molar-refractivity contribution in [3.63, 3.8) is 0 Å². The average Bonchev–Trinajstić information content (AvgIpc) is 2.54. The summed E-state index contributed by atoms with van der Waals surface area (Å²) >= 11 is 5.50. The first-order chi connectivity index (χ1) is 10.3. The molecule has 0 bridgehead atoms. The van der Waals surface area contributed by atoms with Crippen LogP contribution in [0.25, 0.3) is 0 Å². The van der Waals surface area contributed by atoms with Gasteiger partial charge in [-0.2, -0.15) is 5.26 Å². The number of hydrogen-bond acceptors (Lipinski definition) is 2. The Hall–Kier alpha value is -2.38. The lowest BCUT2D eigenvalue weighted by Crippen LogP contribution is -2.38. The number of nitrogens with one attached hydrogen (secondary N) is 1. The van der Waals surface area contributed by atoms with Gasteiger partial charge in [0.15, 0.2) is 5.11 Å². The molecule has 1 aliphatic heterocycles. The van der Waals surface area contributed by atoms with Gasteiger partial charge in [0.05, 0.1) is 11.6 Å². The van der Waals surface area contributed by atoms with E-state index in [0.717, 1.165) is 25.2 Å². The van der Waals surface area contributed by atoms with E-state index in [9.17, 15) is 0 Å². The van der Waals surface area contributed by atoms with Crippen molar-refractivity contribution in [2.45, 2.75) is 13.0 Å². The third-order valence-corrected chi connectivity index (χ3v) is 4.02. The summed E-state index contributed by atoms with van der Waals surface area (Å²) in [5.41, 5.74) is 4.23. The summed E-state index contributed by atoms with van der Waals surface area (Å²) in [6, 6.07) is 18.0. The Labute approximate surface area is 129 Å². The van der Waals surface area contributed by atoms with Gasteiger partial charge in [0.1, 0.15) is 0 Å². The summed E-state index contributed by atoms with van der Waals surface area (Å²) in [5.74, 6) is 0. The molecule has 1 heterocycles. The predicted octanol–water partition coefficient (Wildman–Crippen LogP) is 3.31. The average molecular weight is 293 g/mol. The molecule has 0 atom stereocenters. The fourth-order valence-corrected chi connectivity index (χ4v) is 2.81. The summed E-state index contributed by atoms with van der Waals surface area (Å²) in [6.07, 6.45) is 1.01. The number of benzene rings is 2. The molecule has 0 aromatic heterocycles. The maximum atomic E-state index is 8.93. The SMILES string of the molecule is N#Cc1cccc(NC(=S)N2CCc3ccccc3C2)c1. The third-order valence-electron chi connectivity index (χ3n) is 3.66. The third kappa shape index (κ3) is 3.04. The summed E-state index contributed by atoms with van der Waals surface area (Å²) in [5, 5.41) is 12.9. The van der Waals surface area contributed by atoms with Crippen LogP contribution in [0.1, 0.15) is 16.7 Å². The molecule has 0 aliphatic carbocycles. The van der Waals surface area contributed by atoms with Gasteiger partial charge in [0, 0.05) is 18.8 Å². The number of thiocarbonyl (C=S) groups is 1. The number of anilines is 1. The molecule has 3 nitrogen and oxygen atoms in total. The molecule has 0 fully saturated rings. The van der Waals surface area contributed by atoms with Crippen molar-refractivity contribution in [1.29, 1.82) is 5.26 Å². The lowest BCUT2D eigenvalue weighted by molar-refractivity contribution is 0.399. The van der Waals surface area contributed by atoms with Crippen LogP contribution in [-0.4, -0.2) is 16.6 Å². The van der Waals surface area contributed by atoms with Crippen molar-refractivity contribution in [2.24, 2.45) is 0 Å². The predicted molar refractivity (Wildman–Crippen MR) is 87.9 cm³/mol. The normalized spacial score (nSPS) is 13.2. The first-order valence-electron chi connectivity index (χ1n) is 6.89. The molecule has 3 rings (SSSR count). The van der Waals surface area contributed by atoms with Crippen molar-refractivity contribution < 1.29 is 0 Å². The molecule has 104 valence electrons. The monoisotopic (exact) mass is 293 g/mol. The van der Waals surface area contributed by atoms with Gasteiger partial charge in [0.25, 0.3) is 0 Å². The molecule has 0 spiro atoms. The minimum absolute atomic E-state index is 0.631. The van der Waals surface area contributed by atoms with Crippen LogP contribution in [-0.2, 0) is 13.0 Å². The Morgan fingerprint density at radius 3 is 2.76 bits per heavy atom. The van der Waals surface area contributed by atoms with E-state index in [4.69, 9.17) is 17.5 Å². The van der Waals surface area contributed by atoms with E-state index >= 15 is 0 Å². The first kappa shape index (κ1) is 13.6. The molecule has 0 unspecified atom stereocenters. The zero-order valence-electron chi connectivity index (χ0n) is 11.5. The van der Waals surface area contributed by atoms with Crippen LogP contribution in [0.4, 0.5) is 5.69 Å². The van der Waals surface area contributed by atoms with Crippen LogP contribution < -0.4 is 5.32 Å². The quantitative estimate of drug-likeness (QED) is 0.819. The van der Waals surface area contributed by atoms with Crippen LogP contribution in [0, 0.1) is 11.3 Å². The molecule has 2 aromatic carbocycles. The second kappa shape index (κ2) is 5.94. The Morgan fingerprint density at radius 1 is 1.14 bits per heavy atom. The molecule has 21 heavy (non-hydrogen) atoms. The smallest absolute Gasteiger partial charge is 0.173 e. The number of rotatable bonds is 1. The van der Waals surface area contributed by atoms with Gasteiger partial charge in [-0.05, 0) is 48.0 Å². The zero-order valence-corrected chi connectivity index (χ0v) is 12.4. The number of nitriles is 1. The van der Waals surface area contributed by atoms with Crippen LogP contribution in [0.15, 0.2) is 48.5 Å². The van der Waals surface area contributed by atoms with Gasteiger partial charge in [-0.3, -0.25) is 0 Å². The topological polar surface area (TPSA) is 39.1 Å². The van der Waals surface area contributed by atoms with Crippen molar-refractivity contribution in [3.05, 3.63) is 65.2 Å². The molecule has 0 amide bonds. The van der Waals surface area contributed by atoms with E-state index in [1.54, 1.807) is 6.07 Å². The highest BCUT2D eigenvalue weighted by atomic mass is 32.1. The molecular weight excluding hydrogens is 278 g/mol. The van der Waals surface area contributed by atoms with Gasteiger partial charge < -0.3 is 10.2 Å². The van der Waals surface area contributed by atoms with Gasteiger partial charge >= 0.3 is 0 Å². The summed E-state index contributed by atoms with van der Waals surface area (Å²) in [6.45, 7) is 1.75. The van der Waals surface area contributed by atoms with Gasteiger partial charge in [0.2, 0.25) is 0 Å². The largest absolute Gasteiger partial charge is 0.344 e. The summed E-state index contributed by atoms with van der Waals surface area (Å²) < 4.78 is 0. The number of hydrogen-bond donors (Lipinski definition) is 1. The molecule has 0 radical (unpaired) electrons. The van der Waals surface area contributed by atoms with Crippen molar-refractivity contribution in [1.82, 2.24) is 4.90 Å². The Bertz CT molecular complexity index is 718. The van der Waals surface area contributed by atoms with Crippen LogP contribution in [0.3, 0.4) is 0 Å². The maximum Gasteiger partial charge on any atom is 0.173 e. The van der Waals surface area contributed by atoms with Gasteiger partial charge in [-0.1, -0.05) is 30.3 Å². The highest BCUT2D eigenvalue weighted by Crippen LogP contribution is 2.19. The van der Waals surface area contributed by atoms with Crippen molar-refractivity contribution in [2.75, 3.05) is 11.9 Å². The van der Waals surface area contributed by atoms with Crippen molar-refractivity contribution >= 4 is 23.0 Å². The lowest BCUT2D eigenvalue weighted by atomic mass is 10.0. The van der Waals surface area contributed by atoms with E-state index in [-0.39, 0.29) is 0 Å². The lowest BCUT2D eigenvalue weighted by Gasteiger charge is -2.31. The van der Waals surface area contributed by atoms with E-state index in [1.165, 1.54) is 11.1 Å². The van der Waals surface area contributed by atoms with E-state index in [0.29, 0.717) is 10.7 Å². The molecule has 1 N–H and O–H groups in total. The second-order valence-electron chi connectivity index (χ2n) is 5.06. The molecule has 1 aliphatic rings.